The molecule has 2 fully saturated rings. The number of nitrogens with zero attached hydrogens (tertiary/aromatic N) is 2. The molecule has 7 nitrogen and oxygen atoms in total. The molecule has 2 heterocycles. The van der Waals surface area contributed by atoms with Crippen molar-refractivity contribution < 1.29 is 14.3 Å². The van der Waals surface area contributed by atoms with Gasteiger partial charge in [-0.3, -0.25) is 0 Å². The summed E-state index contributed by atoms with van der Waals surface area (Å²) in [5.41, 5.74) is 1.77. The predicted octanol–water partition coefficient (Wildman–Crippen LogP) is 1.08. The van der Waals surface area contributed by atoms with Crippen molar-refractivity contribution in [3.63, 3.8) is 0 Å². The standard InChI is InChI=1S/C14H18N4O3/c1-21-12-8-17(9-12)11-4-2-10(3-5-11)16-14(20)18-7-6-15-13(18)19/h2-5,12H,6-9H2,1H3,(H,15,19)(H,16,20). The summed E-state index contributed by atoms with van der Waals surface area (Å²) in [6, 6.07) is 6.82. The lowest BCUT2D eigenvalue weighted by Crippen LogP contribution is -2.51. The minimum Gasteiger partial charge on any atom is -0.378 e. The van der Waals surface area contributed by atoms with Gasteiger partial charge in [-0.2, -0.15) is 0 Å². The molecule has 2 saturated heterocycles. The van der Waals surface area contributed by atoms with Crippen LogP contribution >= 0.6 is 0 Å². The first-order chi connectivity index (χ1) is 10.2. The Balaban J connectivity index is 1.57. The van der Waals surface area contributed by atoms with E-state index in [1.807, 2.05) is 24.3 Å². The first kappa shape index (κ1) is 13.7. The molecule has 0 radical (unpaired) electrons. The van der Waals surface area contributed by atoms with Crippen LogP contribution in [-0.2, 0) is 4.74 Å². The van der Waals surface area contributed by atoms with E-state index < -0.39 is 6.03 Å². The van der Waals surface area contributed by atoms with Crippen molar-refractivity contribution in [1.29, 1.82) is 0 Å². The predicted molar refractivity (Wildman–Crippen MR) is 78.6 cm³/mol. The highest BCUT2D eigenvalue weighted by molar-refractivity contribution is 6.01. The Hall–Kier alpha value is -2.28. The zero-order valence-electron chi connectivity index (χ0n) is 11.8. The van der Waals surface area contributed by atoms with Crippen LogP contribution < -0.4 is 15.5 Å². The third kappa shape index (κ3) is 2.78. The minimum atomic E-state index is -0.402. The minimum absolute atomic E-state index is 0.304. The summed E-state index contributed by atoms with van der Waals surface area (Å²) in [4.78, 5) is 26.7. The van der Waals surface area contributed by atoms with Crippen LogP contribution in [-0.4, -0.2) is 56.4 Å². The Bertz CT molecular complexity index is 540. The van der Waals surface area contributed by atoms with Crippen molar-refractivity contribution in [2.75, 3.05) is 43.5 Å². The van der Waals surface area contributed by atoms with Crippen LogP contribution in [0.5, 0.6) is 0 Å². The summed E-state index contributed by atoms with van der Waals surface area (Å²) < 4.78 is 5.24. The van der Waals surface area contributed by atoms with Crippen molar-refractivity contribution in [3.8, 4) is 0 Å². The van der Waals surface area contributed by atoms with Crippen LogP contribution in [0, 0.1) is 0 Å². The highest BCUT2D eigenvalue weighted by Crippen LogP contribution is 2.24. The maximum absolute atomic E-state index is 11.9. The summed E-state index contributed by atoms with van der Waals surface area (Å²) in [5.74, 6) is 0. The molecule has 0 saturated carbocycles. The SMILES string of the molecule is COC1CN(c2ccc(NC(=O)N3CCNC3=O)cc2)C1. The number of carbonyl (C=O) groups excluding carboxylic acids is 2. The molecule has 0 aromatic heterocycles. The monoisotopic (exact) mass is 290 g/mol. The molecule has 0 spiro atoms. The lowest BCUT2D eigenvalue weighted by atomic mass is 10.1. The molecule has 0 atom stereocenters. The highest BCUT2D eigenvalue weighted by Gasteiger charge is 2.27. The molecule has 2 N–H and O–H groups in total. The molecule has 2 aliphatic rings. The molecule has 0 unspecified atom stereocenters. The van der Waals surface area contributed by atoms with Gasteiger partial charge in [0, 0.05) is 44.7 Å². The number of imide groups is 1. The Morgan fingerprint density at radius 1 is 1.33 bits per heavy atom. The fourth-order valence-corrected chi connectivity index (χ4v) is 2.41. The van der Waals surface area contributed by atoms with E-state index in [4.69, 9.17) is 4.74 Å². The molecular weight excluding hydrogens is 272 g/mol. The fourth-order valence-electron chi connectivity index (χ4n) is 2.41. The van der Waals surface area contributed by atoms with Gasteiger partial charge in [0.05, 0.1) is 6.10 Å². The molecular formula is C14H18N4O3. The quantitative estimate of drug-likeness (QED) is 0.873. The average molecular weight is 290 g/mol. The van der Waals surface area contributed by atoms with Crippen molar-refractivity contribution in [3.05, 3.63) is 24.3 Å². The number of ether oxygens (including phenoxy) is 1. The van der Waals surface area contributed by atoms with Crippen LogP contribution in [0.2, 0.25) is 0 Å². The molecule has 0 aliphatic carbocycles. The summed E-state index contributed by atoms with van der Waals surface area (Å²) in [5, 5.41) is 5.31. The molecule has 2 aliphatic heterocycles. The molecule has 21 heavy (non-hydrogen) atoms. The second-order valence-electron chi connectivity index (χ2n) is 5.12. The summed E-state index contributed by atoms with van der Waals surface area (Å²) in [6.45, 7) is 2.67. The van der Waals surface area contributed by atoms with Gasteiger partial charge in [-0.1, -0.05) is 0 Å². The van der Waals surface area contributed by atoms with E-state index in [1.54, 1.807) is 7.11 Å². The van der Waals surface area contributed by atoms with E-state index in [0.29, 0.717) is 24.9 Å². The van der Waals surface area contributed by atoms with Gasteiger partial charge in [0.25, 0.3) is 0 Å². The Labute approximate surface area is 122 Å². The van der Waals surface area contributed by atoms with E-state index in [1.165, 1.54) is 0 Å². The number of hydrogen-bond donors (Lipinski definition) is 2. The van der Waals surface area contributed by atoms with Crippen molar-refractivity contribution in [2.24, 2.45) is 0 Å². The largest absolute Gasteiger partial charge is 0.378 e. The Morgan fingerprint density at radius 2 is 2.05 bits per heavy atom. The van der Waals surface area contributed by atoms with Gasteiger partial charge < -0.3 is 20.3 Å². The first-order valence-electron chi connectivity index (χ1n) is 6.91. The van der Waals surface area contributed by atoms with Crippen LogP contribution in [0.4, 0.5) is 21.0 Å². The second kappa shape index (κ2) is 5.61. The summed E-state index contributed by atoms with van der Waals surface area (Å²) in [7, 11) is 1.72. The Morgan fingerprint density at radius 3 is 2.62 bits per heavy atom. The van der Waals surface area contributed by atoms with Gasteiger partial charge in [-0.15, -0.1) is 0 Å². The smallest absolute Gasteiger partial charge is 0.330 e. The van der Waals surface area contributed by atoms with E-state index >= 15 is 0 Å². The average Bonchev–Trinajstić information content (AvgIpc) is 2.86. The van der Waals surface area contributed by atoms with Gasteiger partial charge >= 0.3 is 12.1 Å². The topological polar surface area (TPSA) is 73.9 Å². The first-order valence-corrected chi connectivity index (χ1v) is 6.91. The third-order valence-electron chi connectivity index (χ3n) is 3.77. The van der Waals surface area contributed by atoms with Crippen molar-refractivity contribution >= 4 is 23.4 Å². The molecule has 1 aromatic rings. The van der Waals surface area contributed by atoms with Crippen LogP contribution in [0.15, 0.2) is 24.3 Å². The molecule has 4 amide bonds. The molecule has 3 rings (SSSR count). The summed E-state index contributed by atoms with van der Waals surface area (Å²) >= 11 is 0. The number of rotatable bonds is 3. The van der Waals surface area contributed by atoms with Crippen molar-refractivity contribution in [1.82, 2.24) is 10.2 Å². The number of methoxy groups -OCH3 is 1. The molecule has 112 valence electrons. The number of hydrogen-bond acceptors (Lipinski definition) is 4. The van der Waals surface area contributed by atoms with Crippen LogP contribution in [0.25, 0.3) is 0 Å². The number of benzene rings is 1. The van der Waals surface area contributed by atoms with Crippen LogP contribution in [0.1, 0.15) is 0 Å². The number of amides is 4. The molecule has 0 bridgehead atoms. The molecule has 1 aromatic carbocycles. The van der Waals surface area contributed by atoms with Gasteiger partial charge in [-0.05, 0) is 24.3 Å². The lowest BCUT2D eigenvalue weighted by molar-refractivity contribution is 0.0788. The second-order valence-corrected chi connectivity index (χ2v) is 5.12. The van der Waals surface area contributed by atoms with Crippen molar-refractivity contribution in [2.45, 2.75) is 6.10 Å². The zero-order valence-corrected chi connectivity index (χ0v) is 11.8. The highest BCUT2D eigenvalue weighted by atomic mass is 16.5. The summed E-state index contributed by atoms with van der Waals surface area (Å²) in [6.07, 6.45) is 0.304. The van der Waals surface area contributed by atoms with Gasteiger partial charge in [0.1, 0.15) is 0 Å². The van der Waals surface area contributed by atoms with Crippen LogP contribution in [0.3, 0.4) is 0 Å². The Kier molecular flexibility index (Phi) is 3.66. The van der Waals surface area contributed by atoms with E-state index in [-0.39, 0.29) is 6.03 Å². The van der Waals surface area contributed by atoms with Gasteiger partial charge in [0.15, 0.2) is 0 Å². The van der Waals surface area contributed by atoms with E-state index in [0.717, 1.165) is 23.7 Å². The zero-order chi connectivity index (χ0) is 14.8. The lowest BCUT2D eigenvalue weighted by Gasteiger charge is -2.40. The number of nitrogens with one attached hydrogen (secondary N) is 2. The van der Waals surface area contributed by atoms with E-state index in [9.17, 15) is 9.59 Å². The fraction of sp³-hybridized carbons (Fsp3) is 0.429. The number of urea groups is 2. The number of carbonyl (C=O) groups is 2. The maximum Gasteiger partial charge on any atom is 0.330 e. The molecule has 7 heteroatoms. The third-order valence-corrected chi connectivity index (χ3v) is 3.77. The maximum atomic E-state index is 11.9. The van der Waals surface area contributed by atoms with E-state index in [2.05, 4.69) is 15.5 Å². The van der Waals surface area contributed by atoms with Gasteiger partial charge in [-0.25, -0.2) is 14.5 Å². The van der Waals surface area contributed by atoms with Gasteiger partial charge in [0.2, 0.25) is 0 Å². The normalized spacial score (nSPS) is 18.4. The number of anilines is 2.